The molecule has 2 heterocycles. The highest BCUT2D eigenvalue weighted by atomic mass is 32.1. The first kappa shape index (κ1) is 17.9. The first-order valence-electron chi connectivity index (χ1n) is 8.62. The molecular formula is C21H16N2O4S. The molecule has 4 aromatic rings. The maximum absolute atomic E-state index is 13.1. The predicted molar refractivity (Wildman–Crippen MR) is 109 cm³/mol. The first-order chi connectivity index (χ1) is 13.6. The van der Waals surface area contributed by atoms with Gasteiger partial charge in [-0.3, -0.25) is 14.9 Å². The first-order valence-corrected chi connectivity index (χ1v) is 9.50. The predicted octanol–water partition coefficient (Wildman–Crippen LogP) is 4.32. The summed E-state index contributed by atoms with van der Waals surface area (Å²) in [6.45, 7) is 1.58. The molecule has 1 unspecified atom stereocenters. The van der Waals surface area contributed by atoms with E-state index in [1.807, 2.05) is 30.3 Å². The van der Waals surface area contributed by atoms with Crippen LogP contribution in [0.5, 0.6) is 5.75 Å². The minimum atomic E-state index is -0.921. The van der Waals surface area contributed by atoms with Gasteiger partial charge in [-0.1, -0.05) is 42.5 Å². The summed E-state index contributed by atoms with van der Waals surface area (Å²) in [6.07, 6.45) is 0.674. The normalized spacial score (nSPS) is 11.9. The molecule has 0 saturated heterocycles. The number of anilines is 1. The number of rotatable bonds is 5. The summed E-state index contributed by atoms with van der Waals surface area (Å²) in [5, 5.41) is 5.29. The Morgan fingerprint density at radius 1 is 1.14 bits per heavy atom. The molecule has 0 fully saturated rings. The highest BCUT2D eigenvalue weighted by Crippen LogP contribution is 2.31. The lowest BCUT2D eigenvalue weighted by Crippen LogP contribution is -2.31. The van der Waals surface area contributed by atoms with E-state index in [-0.39, 0.29) is 16.9 Å². The van der Waals surface area contributed by atoms with E-state index in [4.69, 9.17) is 9.15 Å². The number of hydrogen-bond acceptors (Lipinski definition) is 6. The second kappa shape index (κ2) is 7.66. The number of carbonyl (C=O) groups excluding carboxylic acids is 1. The monoisotopic (exact) mass is 392 g/mol. The van der Waals surface area contributed by atoms with E-state index in [1.54, 1.807) is 42.8 Å². The number of amides is 1. The molecule has 28 heavy (non-hydrogen) atoms. The van der Waals surface area contributed by atoms with E-state index in [0.717, 1.165) is 0 Å². The fourth-order valence-electron chi connectivity index (χ4n) is 2.73. The molecule has 2 aromatic carbocycles. The van der Waals surface area contributed by atoms with Crippen LogP contribution in [0.3, 0.4) is 0 Å². The molecule has 0 saturated carbocycles. The van der Waals surface area contributed by atoms with Gasteiger partial charge in [0.05, 0.1) is 5.39 Å². The van der Waals surface area contributed by atoms with Gasteiger partial charge in [0, 0.05) is 17.1 Å². The summed E-state index contributed by atoms with van der Waals surface area (Å²) in [4.78, 5) is 29.5. The smallest absolute Gasteiger partial charge is 0.266 e. The summed E-state index contributed by atoms with van der Waals surface area (Å²) >= 11 is 1.30. The SMILES string of the molecule is CC(Oc1c(-c2ccccc2)oc2ccccc2c1=O)C(=O)Nc1nccs1. The second-order valence-corrected chi connectivity index (χ2v) is 6.93. The van der Waals surface area contributed by atoms with Crippen molar-refractivity contribution in [1.29, 1.82) is 0 Å². The molecule has 1 atom stereocenters. The Morgan fingerprint density at radius 3 is 2.64 bits per heavy atom. The van der Waals surface area contributed by atoms with Gasteiger partial charge in [0.1, 0.15) is 5.58 Å². The van der Waals surface area contributed by atoms with Crippen LogP contribution in [0, 0.1) is 0 Å². The van der Waals surface area contributed by atoms with Crippen molar-refractivity contribution < 1.29 is 13.9 Å². The number of para-hydroxylation sites is 1. The van der Waals surface area contributed by atoms with Crippen molar-refractivity contribution in [3.63, 3.8) is 0 Å². The van der Waals surface area contributed by atoms with Crippen LogP contribution in [0.25, 0.3) is 22.3 Å². The Kier molecular flexibility index (Phi) is 4.90. The largest absolute Gasteiger partial charge is 0.473 e. The van der Waals surface area contributed by atoms with Crippen molar-refractivity contribution >= 4 is 33.3 Å². The van der Waals surface area contributed by atoms with Crippen molar-refractivity contribution in [2.24, 2.45) is 0 Å². The van der Waals surface area contributed by atoms with Gasteiger partial charge in [0.25, 0.3) is 5.91 Å². The van der Waals surface area contributed by atoms with E-state index in [2.05, 4.69) is 10.3 Å². The van der Waals surface area contributed by atoms with Crippen LogP contribution in [-0.2, 0) is 4.79 Å². The highest BCUT2D eigenvalue weighted by Gasteiger charge is 2.23. The van der Waals surface area contributed by atoms with Gasteiger partial charge in [0.15, 0.2) is 17.0 Å². The van der Waals surface area contributed by atoms with Gasteiger partial charge >= 0.3 is 0 Å². The van der Waals surface area contributed by atoms with Crippen molar-refractivity contribution in [2.75, 3.05) is 5.32 Å². The number of nitrogens with zero attached hydrogens (tertiary/aromatic N) is 1. The number of hydrogen-bond donors (Lipinski definition) is 1. The molecule has 1 amide bonds. The lowest BCUT2D eigenvalue weighted by Gasteiger charge is -2.16. The molecule has 0 aliphatic rings. The summed E-state index contributed by atoms with van der Waals surface area (Å²) < 4.78 is 11.8. The Labute approximate surface area is 164 Å². The number of aromatic nitrogens is 1. The van der Waals surface area contributed by atoms with Crippen molar-refractivity contribution in [1.82, 2.24) is 4.98 Å². The molecule has 4 rings (SSSR count). The molecule has 0 aliphatic carbocycles. The van der Waals surface area contributed by atoms with Crippen LogP contribution in [0.1, 0.15) is 6.92 Å². The maximum atomic E-state index is 13.1. The van der Waals surface area contributed by atoms with Crippen LogP contribution in [0.4, 0.5) is 5.13 Å². The molecule has 1 N–H and O–H groups in total. The lowest BCUT2D eigenvalue weighted by molar-refractivity contribution is -0.122. The van der Waals surface area contributed by atoms with Gasteiger partial charge in [-0.2, -0.15) is 0 Å². The molecule has 0 spiro atoms. The standard InChI is InChI=1S/C21H16N2O4S/c1-13(20(25)23-21-22-11-12-28-21)26-19-17(24)15-9-5-6-10-16(15)27-18(19)14-7-3-2-4-8-14/h2-13H,1H3,(H,22,23,25). The zero-order valence-corrected chi connectivity index (χ0v) is 15.7. The number of carbonyl (C=O) groups is 1. The van der Waals surface area contributed by atoms with Gasteiger partial charge in [-0.25, -0.2) is 4.98 Å². The summed E-state index contributed by atoms with van der Waals surface area (Å²) in [5.74, 6) is -0.105. The van der Waals surface area contributed by atoms with Crippen molar-refractivity contribution in [3.05, 3.63) is 76.4 Å². The third kappa shape index (κ3) is 3.52. The topological polar surface area (TPSA) is 81.4 Å². The van der Waals surface area contributed by atoms with Crippen LogP contribution >= 0.6 is 11.3 Å². The van der Waals surface area contributed by atoms with E-state index < -0.39 is 12.0 Å². The summed E-state index contributed by atoms with van der Waals surface area (Å²) in [5.41, 5.74) is 0.820. The number of benzene rings is 2. The Morgan fingerprint density at radius 2 is 1.89 bits per heavy atom. The zero-order chi connectivity index (χ0) is 19.5. The van der Waals surface area contributed by atoms with E-state index in [0.29, 0.717) is 21.7 Å². The number of ether oxygens (including phenoxy) is 1. The van der Waals surface area contributed by atoms with Gasteiger partial charge < -0.3 is 9.15 Å². The van der Waals surface area contributed by atoms with Crippen LogP contribution in [0.2, 0.25) is 0 Å². The minimum Gasteiger partial charge on any atom is -0.473 e. The third-order valence-corrected chi connectivity index (χ3v) is 4.81. The van der Waals surface area contributed by atoms with Gasteiger partial charge in [-0.05, 0) is 19.1 Å². The van der Waals surface area contributed by atoms with Gasteiger partial charge in [0.2, 0.25) is 11.2 Å². The summed E-state index contributed by atoms with van der Waals surface area (Å²) in [6, 6.07) is 16.1. The van der Waals surface area contributed by atoms with E-state index in [1.165, 1.54) is 11.3 Å². The molecule has 6 nitrogen and oxygen atoms in total. The molecule has 0 aliphatic heterocycles. The number of fused-ring (bicyclic) bond motifs is 1. The summed E-state index contributed by atoms with van der Waals surface area (Å²) in [7, 11) is 0. The maximum Gasteiger partial charge on any atom is 0.266 e. The second-order valence-electron chi connectivity index (χ2n) is 6.04. The Balaban J connectivity index is 1.75. The molecular weight excluding hydrogens is 376 g/mol. The molecule has 7 heteroatoms. The quantitative estimate of drug-likeness (QED) is 0.547. The Bertz CT molecular complexity index is 1170. The van der Waals surface area contributed by atoms with Crippen LogP contribution in [0.15, 0.2) is 75.4 Å². The molecule has 0 bridgehead atoms. The lowest BCUT2D eigenvalue weighted by atomic mass is 10.1. The zero-order valence-electron chi connectivity index (χ0n) is 14.9. The minimum absolute atomic E-state index is 0.00619. The fourth-order valence-corrected chi connectivity index (χ4v) is 3.27. The molecule has 0 radical (unpaired) electrons. The van der Waals surface area contributed by atoms with E-state index >= 15 is 0 Å². The Hall–Kier alpha value is -3.45. The van der Waals surface area contributed by atoms with Crippen LogP contribution < -0.4 is 15.5 Å². The molecule has 140 valence electrons. The fraction of sp³-hybridized carbons (Fsp3) is 0.0952. The van der Waals surface area contributed by atoms with Crippen LogP contribution in [-0.4, -0.2) is 17.0 Å². The highest BCUT2D eigenvalue weighted by molar-refractivity contribution is 7.13. The van der Waals surface area contributed by atoms with E-state index in [9.17, 15) is 9.59 Å². The number of thiazole rings is 1. The van der Waals surface area contributed by atoms with Crippen molar-refractivity contribution in [2.45, 2.75) is 13.0 Å². The third-order valence-electron chi connectivity index (χ3n) is 4.12. The van der Waals surface area contributed by atoms with Crippen molar-refractivity contribution in [3.8, 4) is 17.1 Å². The average molecular weight is 392 g/mol. The van der Waals surface area contributed by atoms with Gasteiger partial charge in [-0.15, -0.1) is 11.3 Å². The average Bonchev–Trinajstić information content (AvgIpc) is 3.23. The molecule has 2 aromatic heterocycles. The number of nitrogens with one attached hydrogen (secondary N) is 1.